The first-order valence-corrected chi connectivity index (χ1v) is 9.52. The van der Waals surface area contributed by atoms with Gasteiger partial charge in [-0.15, -0.1) is 0 Å². The number of nitrogens with zero attached hydrogens (tertiary/aromatic N) is 3. The quantitative estimate of drug-likeness (QED) is 0.563. The number of likely N-dealkylation sites (N-methyl/N-ethyl adjacent to an activating group) is 1. The van der Waals surface area contributed by atoms with E-state index in [0.29, 0.717) is 4.90 Å². The van der Waals surface area contributed by atoms with E-state index < -0.39 is 47.2 Å². The highest BCUT2D eigenvalue weighted by Gasteiger charge is 2.54. The van der Waals surface area contributed by atoms with Crippen molar-refractivity contribution in [1.82, 2.24) is 20.0 Å². The fraction of sp³-hybridized carbons (Fsp3) is 0.400. The lowest BCUT2D eigenvalue weighted by Gasteiger charge is -2.42. The normalized spacial score (nSPS) is 20.7. The molecule has 1 aromatic rings. The summed E-state index contributed by atoms with van der Waals surface area (Å²) in [6.45, 7) is 0.838. The van der Waals surface area contributed by atoms with Crippen molar-refractivity contribution in [3.8, 4) is 0 Å². The van der Waals surface area contributed by atoms with Crippen molar-refractivity contribution in [2.45, 2.75) is 31.5 Å². The van der Waals surface area contributed by atoms with E-state index in [1.54, 1.807) is 26.2 Å². The SMILES string of the molecule is CN(C)CC(=O)NC(C)(C(=O)O)N1C(=O)CCC(N2C(=O)c3ccccc3C2=O)C1=O. The minimum absolute atomic E-state index is 0.129. The standard InChI is InChI=1S/C20H22N4O7/c1-20(19(30)31,21-14(25)10-22(2)3)24-15(26)9-8-13(18(24)29)23-16(27)11-6-4-5-7-12(11)17(23)28/h4-7,13H,8-10H2,1-3H3,(H,21,25)(H,30,31). The first kappa shape index (κ1) is 22.1. The molecule has 1 fully saturated rings. The molecule has 3 rings (SSSR count). The summed E-state index contributed by atoms with van der Waals surface area (Å²) in [5.74, 6) is -5.61. The summed E-state index contributed by atoms with van der Waals surface area (Å²) in [7, 11) is 3.18. The molecule has 31 heavy (non-hydrogen) atoms. The number of carbonyl (C=O) groups is 6. The van der Waals surface area contributed by atoms with Crippen molar-refractivity contribution < 1.29 is 33.9 Å². The highest BCUT2D eigenvalue weighted by atomic mass is 16.4. The van der Waals surface area contributed by atoms with E-state index in [1.807, 2.05) is 0 Å². The van der Waals surface area contributed by atoms with Gasteiger partial charge < -0.3 is 15.3 Å². The van der Waals surface area contributed by atoms with Crippen LogP contribution in [0.5, 0.6) is 0 Å². The Morgan fingerprint density at radius 2 is 1.68 bits per heavy atom. The third-order valence-electron chi connectivity index (χ3n) is 5.23. The molecule has 0 spiro atoms. The van der Waals surface area contributed by atoms with Crippen LogP contribution in [0.25, 0.3) is 0 Å². The molecule has 2 N–H and O–H groups in total. The average Bonchev–Trinajstić information content (AvgIpc) is 2.92. The van der Waals surface area contributed by atoms with Gasteiger partial charge in [0.1, 0.15) is 6.04 Å². The van der Waals surface area contributed by atoms with E-state index in [4.69, 9.17) is 0 Å². The number of carboxylic acids is 1. The monoisotopic (exact) mass is 430 g/mol. The van der Waals surface area contributed by atoms with Gasteiger partial charge >= 0.3 is 5.97 Å². The highest BCUT2D eigenvalue weighted by molar-refractivity contribution is 6.23. The molecule has 2 heterocycles. The van der Waals surface area contributed by atoms with Crippen LogP contribution in [0.15, 0.2) is 24.3 Å². The van der Waals surface area contributed by atoms with Crippen LogP contribution < -0.4 is 5.32 Å². The number of hydrogen-bond donors (Lipinski definition) is 2. The number of nitrogens with one attached hydrogen (secondary N) is 1. The molecule has 0 aliphatic carbocycles. The Balaban J connectivity index is 1.95. The molecule has 2 aliphatic rings. The summed E-state index contributed by atoms with van der Waals surface area (Å²) in [5, 5.41) is 12.0. The second-order valence-corrected chi connectivity index (χ2v) is 7.81. The van der Waals surface area contributed by atoms with Gasteiger partial charge in [-0.3, -0.25) is 28.9 Å². The number of piperidine rings is 1. The lowest BCUT2D eigenvalue weighted by molar-refractivity contribution is -0.173. The summed E-state index contributed by atoms with van der Waals surface area (Å²) >= 11 is 0. The van der Waals surface area contributed by atoms with E-state index in [-0.39, 0.29) is 30.5 Å². The zero-order valence-corrected chi connectivity index (χ0v) is 17.2. The van der Waals surface area contributed by atoms with E-state index in [1.165, 1.54) is 17.0 Å². The van der Waals surface area contributed by atoms with Crippen LogP contribution in [-0.2, 0) is 19.2 Å². The number of imide groups is 2. The van der Waals surface area contributed by atoms with Crippen molar-refractivity contribution in [2.24, 2.45) is 0 Å². The molecule has 2 unspecified atom stereocenters. The predicted molar refractivity (Wildman–Crippen MR) is 105 cm³/mol. The number of aliphatic carboxylic acids is 1. The molecule has 2 atom stereocenters. The largest absolute Gasteiger partial charge is 0.478 e. The molecular weight excluding hydrogens is 408 g/mol. The van der Waals surface area contributed by atoms with Gasteiger partial charge in [-0.25, -0.2) is 9.69 Å². The predicted octanol–water partition coefficient (Wildman–Crippen LogP) is -0.721. The van der Waals surface area contributed by atoms with Crippen LogP contribution >= 0.6 is 0 Å². The minimum Gasteiger partial charge on any atom is -0.478 e. The number of fused-ring (bicyclic) bond motifs is 1. The lowest BCUT2D eigenvalue weighted by Crippen LogP contribution is -2.71. The molecule has 0 bridgehead atoms. The molecule has 1 saturated heterocycles. The number of carbonyl (C=O) groups excluding carboxylic acids is 5. The summed E-state index contributed by atoms with van der Waals surface area (Å²) in [4.78, 5) is 78.4. The maximum absolute atomic E-state index is 13.3. The summed E-state index contributed by atoms with van der Waals surface area (Å²) in [5.41, 5.74) is -2.13. The molecule has 0 radical (unpaired) electrons. The van der Waals surface area contributed by atoms with Crippen LogP contribution in [0.3, 0.4) is 0 Å². The number of hydrogen-bond acceptors (Lipinski definition) is 7. The van der Waals surface area contributed by atoms with E-state index in [2.05, 4.69) is 5.32 Å². The van der Waals surface area contributed by atoms with Gasteiger partial charge in [-0.05, 0) is 39.6 Å². The van der Waals surface area contributed by atoms with Gasteiger partial charge in [0.2, 0.25) is 17.5 Å². The molecule has 11 nitrogen and oxygen atoms in total. The van der Waals surface area contributed by atoms with Crippen molar-refractivity contribution in [1.29, 1.82) is 0 Å². The van der Waals surface area contributed by atoms with Gasteiger partial charge in [-0.2, -0.15) is 0 Å². The second-order valence-electron chi connectivity index (χ2n) is 7.81. The van der Waals surface area contributed by atoms with Gasteiger partial charge in [0, 0.05) is 6.42 Å². The molecule has 164 valence electrons. The van der Waals surface area contributed by atoms with Gasteiger partial charge in [0.15, 0.2) is 0 Å². The molecule has 0 aromatic heterocycles. The van der Waals surface area contributed by atoms with E-state index >= 15 is 0 Å². The fourth-order valence-electron chi connectivity index (χ4n) is 3.77. The topological polar surface area (TPSA) is 144 Å². The highest BCUT2D eigenvalue weighted by Crippen LogP contribution is 2.31. The number of likely N-dealkylation sites (tertiary alicyclic amines) is 1. The summed E-state index contributed by atoms with van der Waals surface area (Å²) in [6, 6.07) is 4.69. The number of carboxylic acid groups (broad SMARTS) is 1. The molecule has 11 heteroatoms. The molecular formula is C20H22N4O7. The maximum atomic E-state index is 13.3. The van der Waals surface area contributed by atoms with Gasteiger partial charge in [0.05, 0.1) is 17.7 Å². The first-order valence-electron chi connectivity index (χ1n) is 9.52. The zero-order valence-electron chi connectivity index (χ0n) is 17.2. The van der Waals surface area contributed by atoms with Crippen LogP contribution in [0, 0.1) is 0 Å². The van der Waals surface area contributed by atoms with Crippen molar-refractivity contribution >= 4 is 35.5 Å². The second kappa shape index (κ2) is 7.91. The molecule has 2 aliphatic heterocycles. The lowest BCUT2D eigenvalue weighted by atomic mass is 9.97. The maximum Gasteiger partial charge on any atom is 0.350 e. The number of benzene rings is 1. The third-order valence-corrected chi connectivity index (χ3v) is 5.23. The van der Waals surface area contributed by atoms with Crippen LogP contribution in [0.2, 0.25) is 0 Å². The van der Waals surface area contributed by atoms with Gasteiger partial charge in [0.25, 0.3) is 17.7 Å². The Morgan fingerprint density at radius 3 is 2.16 bits per heavy atom. The van der Waals surface area contributed by atoms with E-state index in [9.17, 15) is 33.9 Å². The Bertz CT molecular complexity index is 970. The molecule has 1 aromatic carbocycles. The zero-order chi connectivity index (χ0) is 23.1. The molecule has 0 saturated carbocycles. The Kier molecular flexibility index (Phi) is 5.64. The average molecular weight is 430 g/mol. The smallest absolute Gasteiger partial charge is 0.350 e. The fourth-order valence-corrected chi connectivity index (χ4v) is 3.77. The van der Waals surface area contributed by atoms with Crippen molar-refractivity contribution in [2.75, 3.05) is 20.6 Å². The summed E-state index contributed by atoms with van der Waals surface area (Å²) < 4.78 is 0. The Morgan fingerprint density at radius 1 is 1.13 bits per heavy atom. The van der Waals surface area contributed by atoms with Crippen molar-refractivity contribution in [3.05, 3.63) is 35.4 Å². The van der Waals surface area contributed by atoms with Crippen molar-refractivity contribution in [3.63, 3.8) is 0 Å². The van der Waals surface area contributed by atoms with E-state index in [0.717, 1.165) is 11.8 Å². The van der Waals surface area contributed by atoms with Crippen LogP contribution in [0.1, 0.15) is 40.5 Å². The third kappa shape index (κ3) is 3.67. The Hall–Kier alpha value is -3.60. The minimum atomic E-state index is -2.39. The van der Waals surface area contributed by atoms with Crippen LogP contribution in [-0.4, -0.2) is 87.7 Å². The first-order chi connectivity index (χ1) is 14.5. The molecule has 5 amide bonds. The number of rotatable bonds is 6. The summed E-state index contributed by atoms with van der Waals surface area (Å²) in [6.07, 6.45) is -0.419. The van der Waals surface area contributed by atoms with Gasteiger partial charge in [-0.1, -0.05) is 12.1 Å². The van der Waals surface area contributed by atoms with Crippen LogP contribution in [0.4, 0.5) is 0 Å². The number of amides is 5. The Labute approximate surface area is 177 Å².